The number of carboxylic acids is 1. The molecule has 0 aliphatic carbocycles. The monoisotopic (exact) mass is 236 g/mol. The quantitative estimate of drug-likeness (QED) is 0.684. The lowest BCUT2D eigenvalue weighted by Gasteiger charge is -2.13. The molecule has 0 aliphatic heterocycles. The van der Waals surface area contributed by atoms with Crippen LogP contribution < -0.4 is 0 Å². The third-order valence-corrected chi connectivity index (χ3v) is 2.95. The fourth-order valence-corrected chi connectivity index (χ4v) is 1.87. The van der Waals surface area contributed by atoms with Crippen molar-refractivity contribution >= 4 is 28.9 Å². The third-order valence-electron chi connectivity index (χ3n) is 1.69. The summed E-state index contributed by atoms with van der Waals surface area (Å²) < 4.78 is 0. The lowest BCUT2D eigenvalue weighted by Crippen LogP contribution is -2.19. The minimum absolute atomic E-state index is 0.0978. The molecule has 1 heterocycles. The van der Waals surface area contributed by atoms with E-state index in [1.165, 1.54) is 11.4 Å². The van der Waals surface area contributed by atoms with E-state index in [1.807, 2.05) is 0 Å². The van der Waals surface area contributed by atoms with Crippen molar-refractivity contribution in [3.63, 3.8) is 0 Å². The van der Waals surface area contributed by atoms with Gasteiger partial charge in [-0.3, -0.25) is 0 Å². The SMILES string of the molecule is O=C(O)c1cc(C(O)C(O)CCl)cs1. The van der Waals surface area contributed by atoms with Crippen LogP contribution in [0.3, 0.4) is 0 Å². The second-order valence-electron chi connectivity index (χ2n) is 2.72. The molecule has 0 saturated heterocycles. The molecule has 1 aromatic heterocycles. The number of hydrogen-bond donors (Lipinski definition) is 3. The fourth-order valence-electron chi connectivity index (χ4n) is 0.925. The van der Waals surface area contributed by atoms with Crippen LogP contribution in [-0.4, -0.2) is 33.3 Å². The van der Waals surface area contributed by atoms with Crippen LogP contribution in [0.15, 0.2) is 11.4 Å². The van der Waals surface area contributed by atoms with Gasteiger partial charge in [-0.15, -0.1) is 22.9 Å². The molecule has 0 radical (unpaired) electrons. The van der Waals surface area contributed by atoms with Crippen molar-refractivity contribution in [2.24, 2.45) is 0 Å². The summed E-state index contributed by atoms with van der Waals surface area (Å²) in [6.45, 7) is 0. The van der Waals surface area contributed by atoms with Crippen molar-refractivity contribution in [2.45, 2.75) is 12.2 Å². The summed E-state index contributed by atoms with van der Waals surface area (Å²) in [6, 6.07) is 1.33. The molecule has 2 atom stereocenters. The van der Waals surface area contributed by atoms with E-state index in [-0.39, 0.29) is 10.8 Å². The van der Waals surface area contributed by atoms with Gasteiger partial charge < -0.3 is 15.3 Å². The van der Waals surface area contributed by atoms with Gasteiger partial charge in [0.2, 0.25) is 0 Å². The molecular formula is C8H9ClO4S. The second kappa shape index (κ2) is 4.75. The topological polar surface area (TPSA) is 77.8 Å². The zero-order valence-corrected chi connectivity index (χ0v) is 8.63. The maximum Gasteiger partial charge on any atom is 0.345 e. The van der Waals surface area contributed by atoms with Crippen LogP contribution in [-0.2, 0) is 0 Å². The number of thiophene rings is 1. The zero-order valence-electron chi connectivity index (χ0n) is 7.05. The summed E-state index contributed by atoms with van der Waals surface area (Å²) >= 11 is 6.34. The van der Waals surface area contributed by atoms with Gasteiger partial charge in [-0.05, 0) is 17.0 Å². The van der Waals surface area contributed by atoms with Crippen LogP contribution >= 0.6 is 22.9 Å². The van der Waals surface area contributed by atoms with Crippen LogP contribution in [0.25, 0.3) is 0 Å². The van der Waals surface area contributed by atoms with E-state index in [1.54, 1.807) is 0 Å². The van der Waals surface area contributed by atoms with Gasteiger partial charge in [0.05, 0.1) is 12.0 Å². The van der Waals surface area contributed by atoms with E-state index in [0.29, 0.717) is 5.56 Å². The normalized spacial score (nSPS) is 15.1. The van der Waals surface area contributed by atoms with Crippen LogP contribution in [0, 0.1) is 0 Å². The van der Waals surface area contributed by atoms with E-state index in [4.69, 9.17) is 16.7 Å². The number of halogens is 1. The Morgan fingerprint density at radius 3 is 2.64 bits per heavy atom. The predicted octanol–water partition coefficient (Wildman–Crippen LogP) is 1.08. The minimum Gasteiger partial charge on any atom is -0.477 e. The van der Waals surface area contributed by atoms with E-state index < -0.39 is 18.2 Å². The first-order chi connectivity index (χ1) is 6.56. The Morgan fingerprint density at radius 1 is 1.57 bits per heavy atom. The van der Waals surface area contributed by atoms with Crippen LogP contribution in [0.5, 0.6) is 0 Å². The van der Waals surface area contributed by atoms with Crippen LogP contribution in [0.4, 0.5) is 0 Å². The van der Waals surface area contributed by atoms with Crippen LogP contribution in [0.2, 0.25) is 0 Å². The van der Waals surface area contributed by atoms with Crippen molar-refractivity contribution in [1.29, 1.82) is 0 Å². The molecule has 0 fully saturated rings. The highest BCUT2D eigenvalue weighted by Gasteiger charge is 2.19. The molecule has 0 aliphatic rings. The number of aliphatic hydroxyl groups excluding tert-OH is 2. The number of carbonyl (C=O) groups is 1. The Morgan fingerprint density at radius 2 is 2.21 bits per heavy atom. The summed E-state index contributed by atoms with van der Waals surface area (Å²) in [7, 11) is 0. The first-order valence-electron chi connectivity index (χ1n) is 3.80. The average Bonchev–Trinajstić information content (AvgIpc) is 2.64. The summed E-state index contributed by atoms with van der Waals surface area (Å²) in [5, 5.41) is 28.8. The first-order valence-corrected chi connectivity index (χ1v) is 5.21. The number of alkyl halides is 1. The highest BCUT2D eigenvalue weighted by Crippen LogP contribution is 2.23. The van der Waals surface area contributed by atoms with Crippen molar-refractivity contribution < 1.29 is 20.1 Å². The van der Waals surface area contributed by atoms with Gasteiger partial charge in [-0.25, -0.2) is 4.79 Å². The molecule has 0 saturated carbocycles. The molecule has 0 spiro atoms. The standard InChI is InChI=1S/C8H9ClO4S/c9-2-5(10)7(11)4-1-6(8(12)13)14-3-4/h1,3,5,7,10-11H,2H2,(H,12,13). The zero-order chi connectivity index (χ0) is 10.7. The summed E-state index contributed by atoms with van der Waals surface area (Å²) in [6.07, 6.45) is -2.20. The first kappa shape index (κ1) is 11.5. The van der Waals surface area contributed by atoms with Crippen molar-refractivity contribution in [3.8, 4) is 0 Å². The lowest BCUT2D eigenvalue weighted by molar-refractivity contribution is 0.0329. The number of aromatic carboxylic acids is 1. The van der Waals surface area contributed by atoms with Gasteiger partial charge in [-0.2, -0.15) is 0 Å². The van der Waals surface area contributed by atoms with E-state index in [0.717, 1.165) is 11.3 Å². The van der Waals surface area contributed by atoms with Gasteiger partial charge in [-0.1, -0.05) is 0 Å². The lowest BCUT2D eigenvalue weighted by atomic mass is 10.1. The molecular weight excluding hydrogens is 228 g/mol. The van der Waals surface area contributed by atoms with Crippen LogP contribution in [0.1, 0.15) is 21.3 Å². The molecule has 4 nitrogen and oxygen atoms in total. The number of rotatable bonds is 4. The van der Waals surface area contributed by atoms with E-state index in [2.05, 4.69) is 0 Å². The maximum atomic E-state index is 10.5. The molecule has 6 heteroatoms. The Balaban J connectivity index is 2.81. The second-order valence-corrected chi connectivity index (χ2v) is 3.94. The molecule has 2 unspecified atom stereocenters. The number of hydrogen-bond acceptors (Lipinski definition) is 4. The highest BCUT2D eigenvalue weighted by atomic mass is 35.5. The summed E-state index contributed by atoms with van der Waals surface area (Å²) in [5.41, 5.74) is 0.376. The maximum absolute atomic E-state index is 10.5. The largest absolute Gasteiger partial charge is 0.477 e. The summed E-state index contributed by atoms with van der Waals surface area (Å²) in [5.74, 6) is -1.15. The predicted molar refractivity (Wildman–Crippen MR) is 53.0 cm³/mol. The molecule has 0 amide bonds. The Hall–Kier alpha value is -0.620. The number of aliphatic hydroxyl groups is 2. The van der Waals surface area contributed by atoms with Gasteiger partial charge in [0.15, 0.2) is 0 Å². The molecule has 3 N–H and O–H groups in total. The Labute approximate surface area is 89.4 Å². The van der Waals surface area contributed by atoms with E-state index in [9.17, 15) is 15.0 Å². The Kier molecular flexibility index (Phi) is 3.88. The van der Waals surface area contributed by atoms with Crippen molar-refractivity contribution in [2.75, 3.05) is 5.88 Å². The minimum atomic E-state index is -1.13. The highest BCUT2D eigenvalue weighted by molar-refractivity contribution is 7.12. The molecule has 0 aromatic carbocycles. The smallest absolute Gasteiger partial charge is 0.345 e. The third kappa shape index (κ3) is 2.45. The average molecular weight is 237 g/mol. The van der Waals surface area contributed by atoms with Gasteiger partial charge >= 0.3 is 5.97 Å². The van der Waals surface area contributed by atoms with E-state index >= 15 is 0 Å². The number of carboxylic acid groups (broad SMARTS) is 1. The van der Waals surface area contributed by atoms with Gasteiger partial charge in [0.25, 0.3) is 0 Å². The molecule has 78 valence electrons. The van der Waals surface area contributed by atoms with Crippen molar-refractivity contribution in [1.82, 2.24) is 0 Å². The molecule has 14 heavy (non-hydrogen) atoms. The molecule has 1 rings (SSSR count). The summed E-state index contributed by atoms with van der Waals surface area (Å²) in [4.78, 5) is 10.6. The fraction of sp³-hybridized carbons (Fsp3) is 0.375. The molecule has 0 bridgehead atoms. The Bertz CT molecular complexity index is 325. The van der Waals surface area contributed by atoms with Gasteiger partial charge in [0.1, 0.15) is 11.0 Å². The molecule has 1 aromatic rings. The van der Waals surface area contributed by atoms with Gasteiger partial charge in [0, 0.05) is 0 Å². The van der Waals surface area contributed by atoms with Crippen molar-refractivity contribution in [3.05, 3.63) is 21.9 Å².